The maximum absolute atomic E-state index is 12.9. The lowest BCUT2D eigenvalue weighted by molar-refractivity contribution is -0.161. The third-order valence-electron chi connectivity index (χ3n) is 11.5. The van der Waals surface area contributed by atoms with E-state index >= 15 is 0 Å². The summed E-state index contributed by atoms with van der Waals surface area (Å²) >= 11 is 0. The van der Waals surface area contributed by atoms with E-state index < -0.39 is 102 Å². The number of aliphatic hydroxyl groups excluding tert-OH is 5. The zero-order valence-corrected chi connectivity index (χ0v) is 44.3. The minimum atomic E-state index is -5.50. The van der Waals surface area contributed by atoms with Gasteiger partial charge in [-0.05, 0) is 38.2 Å². The van der Waals surface area contributed by atoms with Crippen LogP contribution in [0.4, 0.5) is 5.82 Å². The van der Waals surface area contributed by atoms with Gasteiger partial charge in [-0.1, -0.05) is 164 Å². The van der Waals surface area contributed by atoms with Crippen LogP contribution in [0.3, 0.4) is 0 Å². The predicted molar refractivity (Wildman–Crippen MR) is 274 cm³/mol. The van der Waals surface area contributed by atoms with Crippen molar-refractivity contribution in [2.45, 2.75) is 198 Å². The molecule has 2 rings (SSSR count). The number of rotatable bonds is 41. The standard InChI is InChI=1S/C50H83N3O18P2/c1-3-5-7-8-9-10-11-12-13-14-15-16-17-22-26-32-46(58)69-40(36-66-45(57)33-27-31-42(56)41(55)30-25-21-19-18-20-24-29-39(54)28-23-6-4-2)37-67-72(62,63)71-73(64,65)68-38-43-47(59)48(60)49(70-43)53-35-34-44(51)52-50(53)61/h6,18-21,23-25,29-30,34-35,39-43,47-49,54-56,59-60H,3-5,7-17,22,26-28,31-33,36-38H2,1-2H3,(H,62,63)(H,64,65)(H2,51,52,61)/b20-18+,21-19-,23-6-,29-24+,30-25-/t39-,40-,41+,42+,43-,47-,48-,49-/m1/s1. The molecule has 416 valence electrons. The molecule has 0 radical (unpaired) electrons. The van der Waals surface area contributed by atoms with Crippen molar-refractivity contribution in [1.82, 2.24) is 9.55 Å². The third-order valence-corrected chi connectivity index (χ3v) is 14.1. The van der Waals surface area contributed by atoms with Gasteiger partial charge in [-0.2, -0.15) is 9.29 Å². The second-order valence-corrected chi connectivity index (χ2v) is 20.9. The molecule has 2 unspecified atom stereocenters. The van der Waals surface area contributed by atoms with E-state index in [0.29, 0.717) is 12.8 Å². The number of carbonyl (C=O) groups is 2. The van der Waals surface area contributed by atoms with Crippen LogP contribution in [0, 0.1) is 0 Å². The summed E-state index contributed by atoms with van der Waals surface area (Å²) in [5.74, 6) is -1.65. The lowest BCUT2D eigenvalue weighted by Crippen LogP contribution is -2.36. The highest BCUT2D eigenvalue weighted by Gasteiger charge is 2.46. The van der Waals surface area contributed by atoms with Crippen LogP contribution in [0.1, 0.15) is 155 Å². The van der Waals surface area contributed by atoms with Gasteiger partial charge in [0, 0.05) is 19.0 Å². The molecule has 23 heteroatoms. The van der Waals surface area contributed by atoms with Crippen LogP contribution in [-0.2, 0) is 46.3 Å². The van der Waals surface area contributed by atoms with E-state index in [-0.39, 0.29) is 31.5 Å². The van der Waals surface area contributed by atoms with E-state index in [1.165, 1.54) is 76.0 Å². The van der Waals surface area contributed by atoms with E-state index in [4.69, 9.17) is 29.0 Å². The van der Waals surface area contributed by atoms with Crippen LogP contribution in [0.2, 0.25) is 0 Å². The zero-order chi connectivity index (χ0) is 53.9. The number of nitrogens with two attached hydrogens (primary N) is 1. The second kappa shape index (κ2) is 38.0. The monoisotopic (exact) mass is 1080 g/mol. The highest BCUT2D eigenvalue weighted by Crippen LogP contribution is 2.60. The normalized spacial score (nSPS) is 20.8. The molecule has 1 aliphatic rings. The van der Waals surface area contributed by atoms with Crippen molar-refractivity contribution in [3.63, 3.8) is 0 Å². The van der Waals surface area contributed by atoms with Crippen molar-refractivity contribution in [2.75, 3.05) is 25.6 Å². The SMILES string of the molecule is CC/C=C\C[C@@H](O)/C=C/C=C/C=C\C=C/[C@H](O)[C@@H](O)CCCC(=O)OC[C@H](COP(=O)(O)OP(=O)(O)OC[C@H]1O[C@@H](n2ccc(N)nc2=O)[C@H](O)[C@@H]1O)OC(=O)CCCCCCCCCCCCCCCCC. The Morgan fingerprint density at radius 3 is 1.92 bits per heavy atom. The lowest BCUT2D eigenvalue weighted by Gasteiger charge is -2.21. The van der Waals surface area contributed by atoms with Crippen LogP contribution >= 0.6 is 15.6 Å². The van der Waals surface area contributed by atoms with Gasteiger partial charge >= 0.3 is 33.3 Å². The van der Waals surface area contributed by atoms with Gasteiger partial charge in [0.2, 0.25) is 0 Å². The van der Waals surface area contributed by atoms with Crippen LogP contribution in [0.15, 0.2) is 77.8 Å². The number of hydrogen-bond acceptors (Lipinski definition) is 18. The van der Waals surface area contributed by atoms with Crippen molar-refractivity contribution in [3.8, 4) is 0 Å². The molecule has 0 bridgehead atoms. The molecule has 2 heterocycles. The quantitative estimate of drug-likeness (QED) is 0.0105. The fourth-order valence-corrected chi connectivity index (χ4v) is 9.47. The number of unbranched alkanes of at least 4 members (excludes halogenated alkanes) is 14. The smallest absolute Gasteiger partial charge is 0.462 e. The Morgan fingerprint density at radius 1 is 0.753 bits per heavy atom. The number of phosphoric ester groups is 2. The fourth-order valence-electron chi connectivity index (χ4n) is 7.36. The van der Waals surface area contributed by atoms with Gasteiger partial charge in [0.25, 0.3) is 0 Å². The molecule has 1 aliphatic heterocycles. The molecule has 0 spiro atoms. The van der Waals surface area contributed by atoms with E-state index in [2.05, 4.69) is 16.2 Å². The fraction of sp³-hybridized carbons (Fsp3) is 0.680. The first kappa shape index (κ1) is 65.5. The maximum Gasteiger partial charge on any atom is 0.481 e. The number of anilines is 1. The average molecular weight is 1080 g/mol. The first-order valence-corrected chi connectivity index (χ1v) is 28.6. The number of phosphoric acid groups is 2. The van der Waals surface area contributed by atoms with Crippen molar-refractivity contribution in [2.24, 2.45) is 0 Å². The number of aromatic nitrogens is 2. The molecule has 73 heavy (non-hydrogen) atoms. The molecule has 9 N–H and O–H groups in total. The molecule has 1 aromatic rings. The topological polar surface area (TPSA) is 326 Å². The Labute approximate surface area is 430 Å². The molecule has 1 fully saturated rings. The largest absolute Gasteiger partial charge is 0.481 e. The lowest BCUT2D eigenvalue weighted by atomic mass is 10.0. The van der Waals surface area contributed by atoms with Gasteiger partial charge in [-0.3, -0.25) is 23.2 Å². The Balaban J connectivity index is 1.88. The summed E-state index contributed by atoms with van der Waals surface area (Å²) < 4.78 is 56.5. The molecule has 1 saturated heterocycles. The first-order valence-electron chi connectivity index (χ1n) is 25.6. The van der Waals surface area contributed by atoms with Crippen molar-refractivity contribution in [3.05, 3.63) is 83.5 Å². The van der Waals surface area contributed by atoms with Gasteiger partial charge in [-0.15, -0.1) is 0 Å². The van der Waals surface area contributed by atoms with Crippen molar-refractivity contribution >= 4 is 33.4 Å². The van der Waals surface area contributed by atoms with Crippen LogP contribution in [0.5, 0.6) is 0 Å². The van der Waals surface area contributed by atoms with Gasteiger partial charge in [0.1, 0.15) is 30.7 Å². The molecule has 10 atom stereocenters. The summed E-state index contributed by atoms with van der Waals surface area (Å²) in [5, 5.41) is 51.5. The second-order valence-electron chi connectivity index (χ2n) is 17.9. The predicted octanol–water partition coefficient (Wildman–Crippen LogP) is 7.25. The highest BCUT2D eigenvalue weighted by molar-refractivity contribution is 7.61. The van der Waals surface area contributed by atoms with Gasteiger partial charge in [0.15, 0.2) is 12.3 Å². The van der Waals surface area contributed by atoms with Gasteiger partial charge in [0.05, 0.1) is 31.5 Å². The number of nitrogen functional groups attached to an aromatic ring is 1. The maximum atomic E-state index is 12.9. The number of nitrogens with zero attached hydrogens (tertiary/aromatic N) is 2. The van der Waals surface area contributed by atoms with Crippen LogP contribution in [0.25, 0.3) is 0 Å². The molecule has 0 aromatic carbocycles. The zero-order valence-electron chi connectivity index (χ0n) is 42.5. The summed E-state index contributed by atoms with van der Waals surface area (Å²) in [5.41, 5.74) is 4.55. The minimum Gasteiger partial charge on any atom is -0.462 e. The number of ether oxygens (including phenoxy) is 3. The first-order chi connectivity index (χ1) is 34.9. The number of carbonyl (C=O) groups excluding carboxylic acids is 2. The van der Waals surface area contributed by atoms with E-state index in [9.17, 15) is 58.8 Å². The minimum absolute atomic E-state index is 0.00692. The molecular weight excluding hydrogens is 993 g/mol. The number of esters is 2. The molecule has 0 saturated carbocycles. The van der Waals surface area contributed by atoms with Gasteiger partial charge < -0.3 is 55.3 Å². The van der Waals surface area contributed by atoms with Crippen LogP contribution in [-0.4, -0.2) is 119 Å². The summed E-state index contributed by atoms with van der Waals surface area (Å²) in [4.78, 5) is 61.9. The van der Waals surface area contributed by atoms with Gasteiger partial charge in [-0.25, -0.2) is 13.9 Å². The number of aliphatic hydroxyl groups is 5. The number of allylic oxidation sites excluding steroid dienone is 7. The average Bonchev–Trinajstić information content (AvgIpc) is 3.62. The Kier molecular flexibility index (Phi) is 34.0. The van der Waals surface area contributed by atoms with Crippen molar-refractivity contribution in [1.29, 1.82) is 0 Å². The summed E-state index contributed by atoms with van der Waals surface area (Å²) in [6.45, 7) is 1.63. The summed E-state index contributed by atoms with van der Waals surface area (Å²) in [6, 6.07) is 1.23. The van der Waals surface area contributed by atoms with Crippen molar-refractivity contribution < 1.29 is 81.6 Å². The third kappa shape index (κ3) is 30.5. The summed E-state index contributed by atoms with van der Waals surface area (Å²) in [6.07, 6.45) is 25.2. The summed E-state index contributed by atoms with van der Waals surface area (Å²) in [7, 11) is -11.0. The van der Waals surface area contributed by atoms with Crippen LogP contribution < -0.4 is 11.4 Å². The molecule has 1 aromatic heterocycles. The molecular formula is C50H83N3O18P2. The van der Waals surface area contributed by atoms with E-state index in [1.807, 2.05) is 19.1 Å². The molecule has 21 nitrogen and oxygen atoms in total. The molecule has 0 amide bonds. The Hall–Kier alpha value is -3.66. The Bertz CT molecular complexity index is 2010. The highest BCUT2D eigenvalue weighted by atomic mass is 31.3. The van der Waals surface area contributed by atoms with E-state index in [1.54, 1.807) is 36.5 Å². The number of hydrogen-bond donors (Lipinski definition) is 8. The van der Waals surface area contributed by atoms with E-state index in [0.717, 1.165) is 49.3 Å². The molecule has 0 aliphatic carbocycles. The Morgan fingerprint density at radius 2 is 1.32 bits per heavy atom.